The summed E-state index contributed by atoms with van der Waals surface area (Å²) in [7, 11) is 7.26. The highest BCUT2D eigenvalue weighted by Gasteiger charge is 2.09. The third kappa shape index (κ3) is 2.20. The van der Waals surface area contributed by atoms with Crippen LogP contribution in [0.3, 0.4) is 0 Å². The van der Waals surface area contributed by atoms with Gasteiger partial charge in [-0.15, -0.1) is 5.10 Å². The van der Waals surface area contributed by atoms with Crippen molar-refractivity contribution in [3.05, 3.63) is 18.3 Å². The van der Waals surface area contributed by atoms with Crippen LogP contribution < -0.4 is 9.64 Å². The van der Waals surface area contributed by atoms with Crippen molar-refractivity contribution in [3.8, 4) is 17.4 Å². The molecule has 0 aliphatic heterocycles. The van der Waals surface area contributed by atoms with Gasteiger partial charge in [0.15, 0.2) is 5.82 Å². The van der Waals surface area contributed by atoms with Gasteiger partial charge in [-0.2, -0.15) is 4.98 Å². The molecule has 2 aromatic rings. The predicted molar refractivity (Wildman–Crippen MR) is 65.1 cm³/mol. The molecule has 2 heterocycles. The van der Waals surface area contributed by atoms with Crippen LogP contribution in [0.4, 0.5) is 5.82 Å². The second-order valence-corrected chi connectivity index (χ2v) is 3.85. The summed E-state index contributed by atoms with van der Waals surface area (Å²) < 4.78 is 6.66. The van der Waals surface area contributed by atoms with Crippen molar-refractivity contribution in [3.63, 3.8) is 0 Å². The van der Waals surface area contributed by atoms with Crippen molar-refractivity contribution in [1.29, 1.82) is 0 Å². The summed E-state index contributed by atoms with van der Waals surface area (Å²) in [6, 6.07) is 4.35. The van der Waals surface area contributed by atoms with E-state index in [-0.39, 0.29) is 0 Å². The number of rotatable bonds is 3. The summed E-state index contributed by atoms with van der Waals surface area (Å²) in [6.07, 6.45) is 1.75. The first-order valence-electron chi connectivity index (χ1n) is 5.20. The van der Waals surface area contributed by atoms with Gasteiger partial charge >= 0.3 is 6.01 Å². The van der Waals surface area contributed by atoms with Gasteiger partial charge in [0.25, 0.3) is 0 Å². The smallest absolute Gasteiger partial charge is 0.314 e. The van der Waals surface area contributed by atoms with E-state index < -0.39 is 0 Å². The van der Waals surface area contributed by atoms with Crippen molar-refractivity contribution in [2.45, 2.75) is 0 Å². The Hall–Kier alpha value is -2.11. The maximum absolute atomic E-state index is 5.07. The lowest BCUT2D eigenvalue weighted by Crippen LogP contribution is -2.10. The van der Waals surface area contributed by atoms with Crippen LogP contribution in [0.1, 0.15) is 0 Å². The van der Waals surface area contributed by atoms with E-state index in [0.29, 0.717) is 11.8 Å². The van der Waals surface area contributed by atoms with Crippen molar-refractivity contribution in [1.82, 2.24) is 19.7 Å². The van der Waals surface area contributed by atoms with Crippen LogP contribution in [0.5, 0.6) is 6.01 Å². The van der Waals surface area contributed by atoms with E-state index in [1.54, 1.807) is 25.0 Å². The van der Waals surface area contributed by atoms with Gasteiger partial charge in [0, 0.05) is 32.9 Å². The molecular formula is C11H15N5O. The normalized spacial score (nSPS) is 10.4. The van der Waals surface area contributed by atoms with E-state index in [1.165, 1.54) is 0 Å². The molecule has 0 bridgehead atoms. The number of pyridine rings is 1. The fourth-order valence-electron chi connectivity index (χ4n) is 1.45. The Labute approximate surface area is 99.9 Å². The second kappa shape index (κ2) is 4.40. The molecule has 6 nitrogen and oxygen atoms in total. The number of methoxy groups -OCH3 is 1. The highest BCUT2D eigenvalue weighted by Crippen LogP contribution is 2.19. The van der Waals surface area contributed by atoms with Crippen LogP contribution in [0.25, 0.3) is 11.4 Å². The molecule has 0 saturated heterocycles. The zero-order chi connectivity index (χ0) is 12.4. The second-order valence-electron chi connectivity index (χ2n) is 3.85. The topological polar surface area (TPSA) is 56.1 Å². The number of hydrogen-bond donors (Lipinski definition) is 0. The molecule has 0 saturated carbocycles. The average Bonchev–Trinajstić information content (AvgIpc) is 2.70. The zero-order valence-corrected chi connectivity index (χ0v) is 10.4. The van der Waals surface area contributed by atoms with E-state index in [9.17, 15) is 0 Å². The minimum absolute atomic E-state index is 0.483. The lowest BCUT2D eigenvalue weighted by atomic mass is 10.2. The van der Waals surface area contributed by atoms with Crippen LogP contribution >= 0.6 is 0 Å². The van der Waals surface area contributed by atoms with E-state index >= 15 is 0 Å². The van der Waals surface area contributed by atoms with Crippen molar-refractivity contribution in [2.24, 2.45) is 7.05 Å². The molecule has 0 atom stereocenters. The number of anilines is 1. The Bertz CT molecular complexity index is 503. The zero-order valence-electron chi connectivity index (χ0n) is 10.4. The van der Waals surface area contributed by atoms with E-state index in [4.69, 9.17) is 4.74 Å². The highest BCUT2D eigenvalue weighted by atomic mass is 16.5. The molecule has 6 heteroatoms. The molecule has 17 heavy (non-hydrogen) atoms. The molecule has 2 rings (SSSR count). The van der Waals surface area contributed by atoms with Gasteiger partial charge in [0.1, 0.15) is 5.82 Å². The first-order valence-corrected chi connectivity index (χ1v) is 5.20. The van der Waals surface area contributed by atoms with E-state index in [0.717, 1.165) is 11.4 Å². The predicted octanol–water partition coefficient (Wildman–Crippen LogP) is 0.952. The lowest BCUT2D eigenvalue weighted by molar-refractivity contribution is 0.359. The summed E-state index contributed by atoms with van der Waals surface area (Å²) >= 11 is 0. The third-order valence-electron chi connectivity index (χ3n) is 2.37. The minimum Gasteiger partial charge on any atom is -0.467 e. The molecule has 0 radical (unpaired) electrons. The highest BCUT2D eigenvalue weighted by molar-refractivity contribution is 5.56. The van der Waals surface area contributed by atoms with Crippen LogP contribution in [-0.4, -0.2) is 41.0 Å². The number of aromatic nitrogens is 4. The van der Waals surface area contributed by atoms with Crippen molar-refractivity contribution < 1.29 is 4.74 Å². The van der Waals surface area contributed by atoms with Gasteiger partial charge < -0.3 is 9.64 Å². The van der Waals surface area contributed by atoms with E-state index in [2.05, 4.69) is 15.1 Å². The summed E-state index contributed by atoms with van der Waals surface area (Å²) in [6.45, 7) is 0. The van der Waals surface area contributed by atoms with Gasteiger partial charge in [-0.05, 0) is 12.1 Å². The first-order chi connectivity index (χ1) is 8.11. The van der Waals surface area contributed by atoms with Gasteiger partial charge in [-0.1, -0.05) is 0 Å². The Balaban J connectivity index is 2.33. The molecule has 0 aliphatic carbocycles. The van der Waals surface area contributed by atoms with Gasteiger partial charge in [-0.25, -0.2) is 9.67 Å². The Morgan fingerprint density at radius 3 is 2.53 bits per heavy atom. The standard InChI is InChI=1S/C11H15N5O/c1-15(2)9-6-5-8(7-12-9)10-13-11(17-4)16(3)14-10/h5-7H,1-4H3. The maximum Gasteiger partial charge on any atom is 0.314 e. The van der Waals surface area contributed by atoms with E-state index in [1.807, 2.05) is 31.1 Å². The molecule has 0 spiro atoms. The number of ether oxygens (including phenoxy) is 1. The quantitative estimate of drug-likeness (QED) is 0.790. The van der Waals surface area contributed by atoms with Crippen molar-refractivity contribution >= 4 is 5.82 Å². The lowest BCUT2D eigenvalue weighted by Gasteiger charge is -2.10. The Kier molecular flexibility index (Phi) is 2.95. The van der Waals surface area contributed by atoms with Crippen LogP contribution in [0.15, 0.2) is 18.3 Å². The molecule has 0 amide bonds. The molecule has 0 aromatic carbocycles. The van der Waals surface area contributed by atoms with Crippen molar-refractivity contribution in [2.75, 3.05) is 26.1 Å². The minimum atomic E-state index is 0.483. The Morgan fingerprint density at radius 1 is 1.29 bits per heavy atom. The number of hydrogen-bond acceptors (Lipinski definition) is 5. The monoisotopic (exact) mass is 233 g/mol. The fourth-order valence-corrected chi connectivity index (χ4v) is 1.45. The van der Waals surface area contributed by atoms with Gasteiger partial charge in [0.05, 0.1) is 7.11 Å². The third-order valence-corrected chi connectivity index (χ3v) is 2.37. The van der Waals surface area contributed by atoms with Gasteiger partial charge in [-0.3, -0.25) is 0 Å². The molecular weight excluding hydrogens is 218 g/mol. The Morgan fingerprint density at radius 2 is 2.06 bits per heavy atom. The summed E-state index contributed by atoms with van der Waals surface area (Å²) in [5.41, 5.74) is 0.870. The largest absolute Gasteiger partial charge is 0.467 e. The molecule has 0 unspecified atom stereocenters. The van der Waals surface area contributed by atoms with Gasteiger partial charge in [0.2, 0.25) is 0 Å². The first kappa shape index (κ1) is 11.4. The fraction of sp³-hybridized carbons (Fsp3) is 0.364. The maximum atomic E-state index is 5.07. The molecule has 0 aliphatic rings. The number of nitrogens with zero attached hydrogens (tertiary/aromatic N) is 5. The molecule has 0 N–H and O–H groups in total. The molecule has 90 valence electrons. The molecule has 2 aromatic heterocycles. The van der Waals surface area contributed by atoms with Crippen LogP contribution in [-0.2, 0) is 7.05 Å². The summed E-state index contributed by atoms with van der Waals surface area (Å²) in [5.74, 6) is 1.51. The van der Waals surface area contributed by atoms with Crippen LogP contribution in [0.2, 0.25) is 0 Å². The summed E-state index contributed by atoms with van der Waals surface area (Å²) in [5, 5.41) is 4.25. The SMILES string of the molecule is COc1nc(-c2ccc(N(C)C)nc2)nn1C. The summed E-state index contributed by atoms with van der Waals surface area (Å²) in [4.78, 5) is 10.5. The average molecular weight is 233 g/mol. The number of aryl methyl sites for hydroxylation is 1. The van der Waals surface area contributed by atoms with Crippen LogP contribution in [0, 0.1) is 0 Å². The molecule has 0 fully saturated rings.